The lowest BCUT2D eigenvalue weighted by Crippen LogP contribution is -2.15. The van der Waals surface area contributed by atoms with Gasteiger partial charge in [-0.15, -0.1) is 0 Å². The lowest BCUT2D eigenvalue weighted by molar-refractivity contribution is 0.661. The van der Waals surface area contributed by atoms with Crippen molar-refractivity contribution in [2.75, 3.05) is 0 Å². The van der Waals surface area contributed by atoms with Crippen LogP contribution in [0.5, 0.6) is 0 Å². The van der Waals surface area contributed by atoms with Crippen LogP contribution in [-0.2, 0) is 5.41 Å². The molecule has 0 heterocycles. The van der Waals surface area contributed by atoms with Gasteiger partial charge in [0.15, 0.2) is 0 Å². The van der Waals surface area contributed by atoms with Crippen molar-refractivity contribution in [1.29, 1.82) is 0 Å². The van der Waals surface area contributed by atoms with Gasteiger partial charge in [-0.25, -0.2) is 0 Å². The summed E-state index contributed by atoms with van der Waals surface area (Å²) in [6.45, 7) is 4.12. The van der Waals surface area contributed by atoms with Crippen molar-refractivity contribution >= 4 is 64.6 Å². The molecule has 0 heteroatoms. The number of fused-ring (bicyclic) bond motifs is 3. The van der Waals surface area contributed by atoms with Gasteiger partial charge in [0.1, 0.15) is 0 Å². The molecule has 0 spiro atoms. The molecule has 11 aromatic rings. The Balaban J connectivity index is 0.989. The molecule has 12 rings (SSSR count). The quantitative estimate of drug-likeness (QED) is 0.162. The minimum atomic E-state index is -0.644. The highest BCUT2D eigenvalue weighted by molar-refractivity contribution is 6.26. The Bertz CT molecular complexity index is 4280. The molecule has 0 atom stereocenters. The molecule has 1 aliphatic carbocycles. The van der Waals surface area contributed by atoms with Crippen LogP contribution in [0.3, 0.4) is 0 Å². The molecular formula is C53H34. The molecule has 246 valence electrons. The minimum absolute atomic E-state index is 0.0853. The predicted molar refractivity (Wildman–Crippen MR) is 228 cm³/mol. The first-order chi connectivity index (χ1) is 33.5. The number of benzene rings is 11. The zero-order valence-corrected chi connectivity index (χ0v) is 28.3. The van der Waals surface area contributed by atoms with Crippen LogP contribution in [0.1, 0.15) is 49.6 Å². The van der Waals surface area contributed by atoms with Gasteiger partial charge in [0.05, 0.1) is 24.7 Å². The van der Waals surface area contributed by atoms with Crippen LogP contribution < -0.4 is 0 Å². The summed E-state index contributed by atoms with van der Waals surface area (Å²) in [4.78, 5) is 0. The van der Waals surface area contributed by atoms with Crippen LogP contribution in [0, 0.1) is 0 Å². The van der Waals surface area contributed by atoms with Crippen molar-refractivity contribution < 1.29 is 24.7 Å². The molecule has 1 aliphatic rings. The Morgan fingerprint density at radius 2 is 0.717 bits per heavy atom. The molecular weight excluding hydrogens is 637 g/mol. The largest absolute Gasteiger partial charge is 0.0630 e. The van der Waals surface area contributed by atoms with Crippen LogP contribution in [0.4, 0.5) is 0 Å². The highest BCUT2D eigenvalue weighted by atomic mass is 14.4. The summed E-state index contributed by atoms with van der Waals surface area (Å²) in [6.07, 6.45) is 0. The lowest BCUT2D eigenvalue weighted by Gasteiger charge is -2.23. The topological polar surface area (TPSA) is 0 Å². The first-order valence-electron chi connectivity index (χ1n) is 26.3. The van der Waals surface area contributed by atoms with Crippen LogP contribution in [0.2, 0.25) is 0 Å². The molecule has 0 aliphatic heterocycles. The zero-order chi connectivity index (χ0) is 50.7. The standard InChI is InChI=1S/C53H34/c1-53(2)47-29-39(31-9-11-32(12-10-31)41-23-17-37-15-13-33-5-3-7-35-19-27-45(41)51(37)49(33)35)21-25-43(47)44-26-22-40(30-48(44)53)42-24-18-38-16-14-34-6-4-8-36-20-28-46(42)52(38)50(34)36/h3-30H,1-2H3/i3D,4D,5D,6D,7D,8D,13D,14D,15D,16D,17D,18D,19D,20D,23D,24D,27D,28D. The van der Waals surface area contributed by atoms with E-state index < -0.39 is 77.9 Å². The average molecular weight is 689 g/mol. The fourth-order valence-corrected chi connectivity index (χ4v) is 8.46. The second-order valence-corrected chi connectivity index (χ2v) is 14.2. The molecule has 0 N–H and O–H groups in total. The molecule has 0 unspecified atom stereocenters. The molecule has 0 amide bonds. The minimum Gasteiger partial charge on any atom is -0.0610 e. The van der Waals surface area contributed by atoms with Crippen molar-refractivity contribution in [2.24, 2.45) is 0 Å². The van der Waals surface area contributed by atoms with E-state index in [2.05, 4.69) is 19.9 Å². The Kier molecular flexibility index (Phi) is 3.28. The van der Waals surface area contributed by atoms with E-state index >= 15 is 0 Å². The van der Waals surface area contributed by atoms with Crippen LogP contribution >= 0.6 is 0 Å². The first-order valence-corrected chi connectivity index (χ1v) is 17.3. The summed E-state index contributed by atoms with van der Waals surface area (Å²) in [6, 6.07) is 11.3. The second kappa shape index (κ2) is 10.3. The predicted octanol–water partition coefficient (Wildman–Crippen LogP) is 14.8. The molecule has 0 radical (unpaired) electrons. The lowest BCUT2D eigenvalue weighted by atomic mass is 9.80. The van der Waals surface area contributed by atoms with E-state index in [0.717, 1.165) is 33.4 Å². The molecule has 0 saturated carbocycles. The maximum Gasteiger partial charge on any atom is 0.0630 e. The monoisotopic (exact) mass is 688 g/mol. The smallest absolute Gasteiger partial charge is 0.0610 e. The molecule has 0 aromatic heterocycles. The number of rotatable bonds is 3. The summed E-state index contributed by atoms with van der Waals surface area (Å²) in [5.41, 5.74) is 5.95. The number of hydrogen-bond donors (Lipinski definition) is 0. The van der Waals surface area contributed by atoms with E-state index in [4.69, 9.17) is 17.8 Å². The SMILES string of the molecule is [2H]c1c([2H])c2c([2H])c([2H])c3c([2H])c([2H])c(-c4ccc(-c5ccc6c(c5)C(C)(C)c5cc(-c7c([2H])c([2H])c8c([2H])c([2H])c9c([2H])c([2H])c([2H])c%10c([2H])c([2H])c7c8c9%10)ccc5-6)cc4)c4c([2H])c([2H])c(c1[2H])c2c34. The van der Waals surface area contributed by atoms with Gasteiger partial charge in [-0.05, 0) is 132 Å². The zero-order valence-electron chi connectivity index (χ0n) is 46.3. The maximum absolute atomic E-state index is 9.34. The van der Waals surface area contributed by atoms with Gasteiger partial charge in [0.2, 0.25) is 0 Å². The Labute approximate surface area is 333 Å². The van der Waals surface area contributed by atoms with Gasteiger partial charge in [-0.2, -0.15) is 0 Å². The molecule has 11 aromatic carbocycles. The summed E-state index contributed by atoms with van der Waals surface area (Å²) in [7, 11) is 0. The summed E-state index contributed by atoms with van der Waals surface area (Å²) >= 11 is 0. The Morgan fingerprint density at radius 1 is 0.340 bits per heavy atom. The second-order valence-electron chi connectivity index (χ2n) is 14.2. The molecule has 0 fully saturated rings. The van der Waals surface area contributed by atoms with E-state index in [1.165, 1.54) is 0 Å². The third-order valence-electron chi connectivity index (χ3n) is 11.1. The average Bonchev–Trinajstić information content (AvgIpc) is 3.57. The van der Waals surface area contributed by atoms with Crippen molar-refractivity contribution in [1.82, 2.24) is 0 Å². The highest BCUT2D eigenvalue weighted by Crippen LogP contribution is 2.51. The van der Waals surface area contributed by atoms with Gasteiger partial charge < -0.3 is 0 Å². The van der Waals surface area contributed by atoms with Gasteiger partial charge in [0, 0.05) is 5.41 Å². The normalized spacial score (nSPS) is 18.4. The third-order valence-corrected chi connectivity index (χ3v) is 11.1. The van der Waals surface area contributed by atoms with E-state index in [-0.39, 0.29) is 112 Å². The van der Waals surface area contributed by atoms with Crippen LogP contribution in [0.25, 0.3) is 109 Å². The third kappa shape index (κ3) is 3.96. The summed E-state index contributed by atoms with van der Waals surface area (Å²) in [5.74, 6) is 0. The van der Waals surface area contributed by atoms with E-state index in [0.29, 0.717) is 11.1 Å². The number of hydrogen-bond acceptors (Lipinski definition) is 0. The Hall–Kier alpha value is -6.50. The molecule has 0 saturated heterocycles. The van der Waals surface area contributed by atoms with Gasteiger partial charge in [0.25, 0.3) is 0 Å². The fraction of sp³-hybridized carbons (Fsp3) is 0.0566. The summed E-state index contributed by atoms with van der Waals surface area (Å²) < 4.78 is 160. The van der Waals surface area contributed by atoms with Crippen molar-refractivity contribution in [3.63, 3.8) is 0 Å². The van der Waals surface area contributed by atoms with Gasteiger partial charge in [-0.1, -0.05) is 171 Å². The van der Waals surface area contributed by atoms with Gasteiger partial charge >= 0.3 is 0 Å². The van der Waals surface area contributed by atoms with Crippen LogP contribution in [0.15, 0.2) is 169 Å². The van der Waals surface area contributed by atoms with Crippen molar-refractivity contribution in [2.45, 2.75) is 19.3 Å². The van der Waals surface area contributed by atoms with E-state index in [1.807, 2.05) is 36.4 Å². The highest BCUT2D eigenvalue weighted by Gasteiger charge is 2.36. The van der Waals surface area contributed by atoms with Crippen molar-refractivity contribution in [3.05, 3.63) is 181 Å². The van der Waals surface area contributed by atoms with E-state index in [9.17, 15) is 6.85 Å². The Morgan fingerprint density at radius 3 is 1.25 bits per heavy atom. The van der Waals surface area contributed by atoms with Crippen LogP contribution in [-0.4, -0.2) is 0 Å². The fourth-order valence-electron chi connectivity index (χ4n) is 8.46. The summed E-state index contributed by atoms with van der Waals surface area (Å²) in [5, 5.41) is 0.0305. The van der Waals surface area contributed by atoms with Gasteiger partial charge in [-0.3, -0.25) is 0 Å². The maximum atomic E-state index is 9.34. The molecule has 53 heavy (non-hydrogen) atoms. The molecule has 0 nitrogen and oxygen atoms in total. The first kappa shape index (κ1) is 16.9. The molecule has 0 bridgehead atoms. The van der Waals surface area contributed by atoms with Crippen molar-refractivity contribution in [3.8, 4) is 44.5 Å². The van der Waals surface area contributed by atoms with E-state index in [1.54, 1.807) is 18.2 Å².